The fraction of sp³-hybridized carbons (Fsp3) is 0.389. The van der Waals surface area contributed by atoms with Gasteiger partial charge in [0.2, 0.25) is 0 Å². The zero-order valence-corrected chi connectivity index (χ0v) is 11.4. The van der Waals surface area contributed by atoms with Gasteiger partial charge >= 0.3 is 0 Å². The van der Waals surface area contributed by atoms with Crippen LogP contribution in [0.4, 0.5) is 0 Å². The van der Waals surface area contributed by atoms with Crippen molar-refractivity contribution < 1.29 is 4.79 Å². The van der Waals surface area contributed by atoms with Crippen molar-refractivity contribution in [3.05, 3.63) is 48.0 Å². The lowest BCUT2D eigenvalue weighted by Crippen LogP contribution is -2.03. The first kappa shape index (κ1) is 12.4. The number of hydrogen-bond acceptors (Lipinski definition) is 1. The second-order valence-corrected chi connectivity index (χ2v) is 5.67. The van der Waals surface area contributed by atoms with Crippen LogP contribution >= 0.6 is 0 Å². The number of carbonyl (C=O) groups excluding carboxylic acids is 1. The molecule has 0 saturated heterocycles. The summed E-state index contributed by atoms with van der Waals surface area (Å²) in [4.78, 5) is 12.4. The smallest absolute Gasteiger partial charge is 0.166 e. The maximum atomic E-state index is 12.4. The summed E-state index contributed by atoms with van der Waals surface area (Å²) in [5.74, 6) is 1.30. The number of benzene rings is 2. The molecule has 2 aromatic rings. The van der Waals surface area contributed by atoms with Gasteiger partial charge in [-0.2, -0.15) is 0 Å². The van der Waals surface area contributed by atoms with E-state index in [9.17, 15) is 4.79 Å². The Labute approximate surface area is 114 Å². The van der Waals surface area contributed by atoms with Crippen LogP contribution in [0, 0.1) is 11.8 Å². The molecule has 0 heterocycles. The summed E-state index contributed by atoms with van der Waals surface area (Å²) in [6.07, 6.45) is 4.81. The number of Topliss-reactive ketones (excluding diaryl/α,β-unsaturated/α-hetero) is 1. The predicted molar refractivity (Wildman–Crippen MR) is 79.4 cm³/mol. The molecule has 1 nitrogen and oxygen atoms in total. The molecule has 1 aliphatic carbocycles. The number of rotatable bonds is 5. The van der Waals surface area contributed by atoms with E-state index in [2.05, 4.69) is 25.1 Å². The lowest BCUT2D eigenvalue weighted by molar-refractivity contribution is 0.0960. The zero-order valence-electron chi connectivity index (χ0n) is 11.4. The topological polar surface area (TPSA) is 17.1 Å². The molecule has 0 bridgehead atoms. The highest BCUT2D eigenvalue weighted by molar-refractivity contribution is 6.02. The van der Waals surface area contributed by atoms with E-state index in [0.717, 1.165) is 12.0 Å². The van der Waals surface area contributed by atoms with E-state index in [4.69, 9.17) is 0 Å². The summed E-state index contributed by atoms with van der Waals surface area (Å²) in [6.45, 7) is 2.21. The van der Waals surface area contributed by atoms with Crippen LogP contribution in [0.3, 0.4) is 0 Å². The van der Waals surface area contributed by atoms with Gasteiger partial charge in [-0.3, -0.25) is 4.79 Å². The SMILES string of the molecule is CCCC[C@H]1C[C@@H]1C(=O)c1ccc2ccccc2c1. The third kappa shape index (κ3) is 2.56. The Kier molecular flexibility index (Phi) is 3.37. The molecule has 0 amide bonds. The van der Waals surface area contributed by atoms with Gasteiger partial charge < -0.3 is 0 Å². The Balaban J connectivity index is 1.76. The minimum absolute atomic E-state index is 0.299. The quantitative estimate of drug-likeness (QED) is 0.695. The number of ketones is 1. The highest BCUT2D eigenvalue weighted by Gasteiger charge is 2.42. The molecule has 0 aliphatic heterocycles. The summed E-state index contributed by atoms with van der Waals surface area (Å²) < 4.78 is 0. The molecule has 0 radical (unpaired) electrons. The minimum Gasteiger partial charge on any atom is -0.294 e. The maximum absolute atomic E-state index is 12.4. The molecule has 1 fully saturated rings. The molecule has 0 aromatic heterocycles. The molecule has 19 heavy (non-hydrogen) atoms. The van der Waals surface area contributed by atoms with E-state index in [1.54, 1.807) is 0 Å². The average Bonchev–Trinajstić information content (AvgIpc) is 3.23. The molecule has 98 valence electrons. The Hall–Kier alpha value is -1.63. The van der Waals surface area contributed by atoms with Crippen molar-refractivity contribution in [2.24, 2.45) is 11.8 Å². The van der Waals surface area contributed by atoms with Crippen molar-refractivity contribution >= 4 is 16.6 Å². The van der Waals surface area contributed by atoms with Crippen LogP contribution in [0.15, 0.2) is 42.5 Å². The molecule has 0 unspecified atom stereocenters. The molecule has 0 spiro atoms. The largest absolute Gasteiger partial charge is 0.294 e. The normalized spacial score (nSPS) is 21.5. The molecule has 0 N–H and O–H groups in total. The van der Waals surface area contributed by atoms with E-state index in [1.165, 1.54) is 30.0 Å². The lowest BCUT2D eigenvalue weighted by atomic mass is 10.0. The first-order valence-electron chi connectivity index (χ1n) is 7.32. The predicted octanol–water partition coefficient (Wildman–Crippen LogP) is 4.85. The summed E-state index contributed by atoms with van der Waals surface area (Å²) >= 11 is 0. The van der Waals surface area contributed by atoms with E-state index in [0.29, 0.717) is 17.6 Å². The van der Waals surface area contributed by atoms with Crippen LogP contribution in [0.5, 0.6) is 0 Å². The molecule has 3 rings (SSSR count). The van der Waals surface area contributed by atoms with Crippen LogP contribution in [0.2, 0.25) is 0 Å². The maximum Gasteiger partial charge on any atom is 0.166 e. The summed E-state index contributed by atoms with van der Waals surface area (Å²) in [7, 11) is 0. The molecule has 1 aliphatic rings. The summed E-state index contributed by atoms with van der Waals surface area (Å²) in [5, 5.41) is 2.37. The molecule has 2 atom stereocenters. The van der Waals surface area contributed by atoms with Gasteiger partial charge in [-0.15, -0.1) is 0 Å². The Morgan fingerprint density at radius 1 is 1.16 bits per heavy atom. The zero-order chi connectivity index (χ0) is 13.2. The van der Waals surface area contributed by atoms with Gasteiger partial charge in [-0.1, -0.05) is 56.2 Å². The standard InChI is InChI=1S/C18H20O/c1-2-3-6-15-12-17(15)18(19)16-10-9-13-7-4-5-8-14(13)11-16/h4-5,7-11,15,17H,2-3,6,12H2,1H3/t15-,17-/m0/s1. The third-order valence-electron chi connectivity index (χ3n) is 4.22. The van der Waals surface area contributed by atoms with Gasteiger partial charge in [0.05, 0.1) is 0 Å². The van der Waals surface area contributed by atoms with Gasteiger partial charge in [-0.25, -0.2) is 0 Å². The highest BCUT2D eigenvalue weighted by Crippen LogP contribution is 2.44. The van der Waals surface area contributed by atoms with Gasteiger partial charge in [0, 0.05) is 11.5 Å². The van der Waals surface area contributed by atoms with Crippen LogP contribution < -0.4 is 0 Å². The fourth-order valence-corrected chi connectivity index (χ4v) is 2.91. The average molecular weight is 252 g/mol. The Morgan fingerprint density at radius 2 is 1.95 bits per heavy atom. The molecule has 1 saturated carbocycles. The van der Waals surface area contributed by atoms with E-state index < -0.39 is 0 Å². The van der Waals surface area contributed by atoms with Gasteiger partial charge in [0.1, 0.15) is 0 Å². The number of hydrogen-bond donors (Lipinski definition) is 0. The van der Waals surface area contributed by atoms with Crippen molar-refractivity contribution in [3.63, 3.8) is 0 Å². The van der Waals surface area contributed by atoms with Crippen LogP contribution in [-0.2, 0) is 0 Å². The lowest BCUT2D eigenvalue weighted by Gasteiger charge is -2.03. The summed E-state index contributed by atoms with van der Waals surface area (Å²) in [5.41, 5.74) is 0.891. The molecule has 1 heteroatoms. The summed E-state index contributed by atoms with van der Waals surface area (Å²) in [6, 6.07) is 14.3. The first-order chi connectivity index (χ1) is 9.29. The van der Waals surface area contributed by atoms with Crippen LogP contribution in [-0.4, -0.2) is 5.78 Å². The van der Waals surface area contributed by atoms with E-state index in [1.807, 2.05) is 24.3 Å². The molecule has 2 aromatic carbocycles. The van der Waals surface area contributed by atoms with Gasteiger partial charge in [0.25, 0.3) is 0 Å². The first-order valence-corrected chi connectivity index (χ1v) is 7.32. The second-order valence-electron chi connectivity index (χ2n) is 5.67. The van der Waals surface area contributed by atoms with E-state index in [-0.39, 0.29) is 0 Å². The second kappa shape index (κ2) is 5.16. The van der Waals surface area contributed by atoms with Crippen LogP contribution in [0.1, 0.15) is 43.0 Å². The highest BCUT2D eigenvalue weighted by atomic mass is 16.1. The fourth-order valence-electron chi connectivity index (χ4n) is 2.91. The third-order valence-corrected chi connectivity index (χ3v) is 4.22. The van der Waals surface area contributed by atoms with Crippen molar-refractivity contribution in [2.75, 3.05) is 0 Å². The van der Waals surface area contributed by atoms with Crippen molar-refractivity contribution in [2.45, 2.75) is 32.6 Å². The Bertz CT molecular complexity index is 599. The van der Waals surface area contributed by atoms with Crippen LogP contribution in [0.25, 0.3) is 10.8 Å². The van der Waals surface area contributed by atoms with Gasteiger partial charge in [-0.05, 0) is 35.6 Å². The number of fused-ring (bicyclic) bond motifs is 1. The molecular weight excluding hydrogens is 232 g/mol. The van der Waals surface area contributed by atoms with Crippen molar-refractivity contribution in [1.82, 2.24) is 0 Å². The monoisotopic (exact) mass is 252 g/mol. The molecular formula is C18H20O. The van der Waals surface area contributed by atoms with Crippen molar-refractivity contribution in [1.29, 1.82) is 0 Å². The van der Waals surface area contributed by atoms with Gasteiger partial charge in [0.15, 0.2) is 5.78 Å². The van der Waals surface area contributed by atoms with E-state index >= 15 is 0 Å². The Morgan fingerprint density at radius 3 is 2.74 bits per heavy atom. The van der Waals surface area contributed by atoms with Crippen molar-refractivity contribution in [3.8, 4) is 0 Å². The number of unbranched alkanes of at least 4 members (excludes halogenated alkanes) is 1. The minimum atomic E-state index is 0.299. The number of carbonyl (C=O) groups is 1.